The zero-order chi connectivity index (χ0) is 10.9. The lowest BCUT2D eigenvalue weighted by Gasteiger charge is -2.12. The molecule has 0 saturated carbocycles. The average Bonchev–Trinajstić information content (AvgIpc) is 2.16. The van der Waals surface area contributed by atoms with Crippen LogP contribution in [0.25, 0.3) is 0 Å². The van der Waals surface area contributed by atoms with Crippen molar-refractivity contribution >= 4 is 7.60 Å². The molecule has 1 atom stereocenters. The molecule has 0 aromatic rings. The summed E-state index contributed by atoms with van der Waals surface area (Å²) in [7, 11) is -3.25. The first-order valence-corrected chi connectivity index (χ1v) is 5.56. The van der Waals surface area contributed by atoms with Crippen LogP contribution in [0.5, 0.6) is 0 Å². The first-order valence-electron chi connectivity index (χ1n) is 3.83. The monoisotopic (exact) mass is 210 g/mol. The minimum Gasteiger partial charge on any atom is -0.295 e. The molecule has 0 aliphatic heterocycles. The minimum atomic E-state index is -3.25. The van der Waals surface area contributed by atoms with E-state index in [1.165, 1.54) is 0 Å². The van der Waals surface area contributed by atoms with Crippen molar-refractivity contribution in [1.82, 2.24) is 0 Å². The molecule has 0 aromatic heterocycles. The van der Waals surface area contributed by atoms with Crippen LogP contribution in [0.2, 0.25) is 0 Å². The van der Waals surface area contributed by atoms with Crippen LogP contribution in [0, 0.1) is 36.5 Å². The molecule has 4 heteroatoms. The van der Waals surface area contributed by atoms with Crippen molar-refractivity contribution in [3.63, 3.8) is 0 Å². The lowest BCUT2D eigenvalue weighted by Crippen LogP contribution is -1.99. The van der Waals surface area contributed by atoms with Gasteiger partial charge in [-0.1, -0.05) is 17.8 Å². The Bertz CT molecular complexity index is 348. The van der Waals surface area contributed by atoms with Crippen molar-refractivity contribution in [1.29, 1.82) is 0 Å². The highest BCUT2D eigenvalue weighted by atomic mass is 31.2. The molecule has 74 valence electrons. The van der Waals surface area contributed by atoms with Gasteiger partial charge >= 0.3 is 7.60 Å². The lowest BCUT2D eigenvalue weighted by atomic mass is 10.6. The standard InChI is InChI=1S/C10H11O3P/c1-4-7-9-13-14(11,10-6-3)12-8-5-2/h2-3H,8-10H2,1H3. The first-order chi connectivity index (χ1) is 6.68. The number of terminal acetylenes is 2. The molecule has 3 nitrogen and oxygen atoms in total. The van der Waals surface area contributed by atoms with Gasteiger partial charge in [0.2, 0.25) is 0 Å². The first kappa shape index (κ1) is 12.8. The Morgan fingerprint density at radius 1 is 1.21 bits per heavy atom. The summed E-state index contributed by atoms with van der Waals surface area (Å²) >= 11 is 0. The molecule has 0 spiro atoms. The molecule has 1 unspecified atom stereocenters. The summed E-state index contributed by atoms with van der Waals surface area (Å²) in [6, 6.07) is 0. The Morgan fingerprint density at radius 3 is 2.36 bits per heavy atom. The summed E-state index contributed by atoms with van der Waals surface area (Å²) in [6.45, 7) is 1.59. The van der Waals surface area contributed by atoms with Gasteiger partial charge in [-0.25, -0.2) is 0 Å². The summed E-state index contributed by atoms with van der Waals surface area (Å²) in [6.07, 6.45) is 9.88. The van der Waals surface area contributed by atoms with Crippen LogP contribution in [0.4, 0.5) is 0 Å². The van der Waals surface area contributed by atoms with E-state index >= 15 is 0 Å². The maximum absolute atomic E-state index is 11.7. The van der Waals surface area contributed by atoms with Crippen LogP contribution in [0.15, 0.2) is 0 Å². The molecule has 0 bridgehead atoms. The Balaban J connectivity index is 4.24. The normalized spacial score (nSPS) is 12.8. The maximum atomic E-state index is 11.7. The van der Waals surface area contributed by atoms with Gasteiger partial charge in [-0.3, -0.25) is 13.6 Å². The van der Waals surface area contributed by atoms with Gasteiger partial charge in [-0.2, -0.15) is 0 Å². The van der Waals surface area contributed by atoms with Gasteiger partial charge in [0, 0.05) is 0 Å². The van der Waals surface area contributed by atoms with Crippen molar-refractivity contribution < 1.29 is 13.6 Å². The van der Waals surface area contributed by atoms with Gasteiger partial charge in [0.05, 0.1) is 0 Å². The van der Waals surface area contributed by atoms with E-state index in [0.717, 1.165) is 0 Å². The molecular weight excluding hydrogens is 199 g/mol. The van der Waals surface area contributed by atoms with E-state index < -0.39 is 7.60 Å². The van der Waals surface area contributed by atoms with Gasteiger partial charge in [0.25, 0.3) is 0 Å². The Morgan fingerprint density at radius 2 is 1.86 bits per heavy atom. The van der Waals surface area contributed by atoms with Crippen LogP contribution in [-0.4, -0.2) is 19.4 Å². The summed E-state index contributed by atoms with van der Waals surface area (Å²) in [4.78, 5) is 0. The van der Waals surface area contributed by atoms with Gasteiger partial charge in [0.15, 0.2) is 0 Å². The summed E-state index contributed by atoms with van der Waals surface area (Å²) in [5.41, 5.74) is 0. The largest absolute Gasteiger partial charge is 0.344 e. The quantitative estimate of drug-likeness (QED) is 0.509. The molecular formula is C10H11O3P. The molecule has 0 heterocycles. The topological polar surface area (TPSA) is 35.5 Å². The van der Waals surface area contributed by atoms with Crippen molar-refractivity contribution in [2.75, 3.05) is 19.4 Å². The Hall–Kier alpha value is -1.17. The van der Waals surface area contributed by atoms with Gasteiger partial charge in [-0.15, -0.1) is 18.8 Å². The third-order valence-corrected chi connectivity index (χ3v) is 2.75. The number of rotatable bonds is 5. The molecule has 0 rings (SSSR count). The van der Waals surface area contributed by atoms with Gasteiger partial charge in [0.1, 0.15) is 19.4 Å². The molecule has 0 aliphatic carbocycles. The highest BCUT2D eigenvalue weighted by molar-refractivity contribution is 7.54. The highest BCUT2D eigenvalue weighted by Crippen LogP contribution is 2.47. The maximum Gasteiger partial charge on any atom is 0.344 e. The lowest BCUT2D eigenvalue weighted by molar-refractivity contribution is 0.245. The fourth-order valence-electron chi connectivity index (χ4n) is 0.579. The SMILES string of the molecule is C#CCOP(=O)(CC#C)OCC#CC. The van der Waals surface area contributed by atoms with E-state index in [4.69, 9.17) is 21.9 Å². The van der Waals surface area contributed by atoms with Crippen LogP contribution < -0.4 is 0 Å². The predicted octanol–water partition coefficient (Wildman–Crippen LogP) is 1.50. The van der Waals surface area contributed by atoms with Crippen molar-refractivity contribution in [2.45, 2.75) is 6.92 Å². The third kappa shape index (κ3) is 5.47. The summed E-state index contributed by atoms with van der Waals surface area (Å²) < 4.78 is 21.5. The zero-order valence-electron chi connectivity index (χ0n) is 7.95. The van der Waals surface area contributed by atoms with Crippen LogP contribution in [-0.2, 0) is 13.6 Å². The predicted molar refractivity (Wildman–Crippen MR) is 55.5 cm³/mol. The minimum absolute atomic E-state index is 0.0278. The molecule has 14 heavy (non-hydrogen) atoms. The molecule has 0 aliphatic rings. The smallest absolute Gasteiger partial charge is 0.295 e. The fraction of sp³-hybridized carbons (Fsp3) is 0.400. The number of hydrogen-bond donors (Lipinski definition) is 0. The van der Waals surface area contributed by atoms with Crippen molar-refractivity contribution in [3.05, 3.63) is 0 Å². The van der Waals surface area contributed by atoms with Crippen LogP contribution in [0.3, 0.4) is 0 Å². The molecule has 0 fully saturated rings. The molecule has 0 aromatic carbocycles. The second kappa shape index (κ2) is 7.25. The Labute approximate surface area is 84.7 Å². The van der Waals surface area contributed by atoms with Crippen LogP contribution >= 0.6 is 7.60 Å². The van der Waals surface area contributed by atoms with Crippen molar-refractivity contribution in [3.8, 4) is 36.5 Å². The summed E-state index contributed by atoms with van der Waals surface area (Å²) in [5, 5.41) is 0. The molecule has 0 amide bonds. The van der Waals surface area contributed by atoms with E-state index in [9.17, 15) is 4.57 Å². The third-order valence-electron chi connectivity index (χ3n) is 1.14. The van der Waals surface area contributed by atoms with E-state index in [1.54, 1.807) is 6.92 Å². The molecule has 0 saturated heterocycles. The number of hydrogen-bond acceptors (Lipinski definition) is 3. The summed E-state index contributed by atoms with van der Waals surface area (Å²) in [5.74, 6) is 9.60. The van der Waals surface area contributed by atoms with E-state index in [1.807, 2.05) is 0 Å². The van der Waals surface area contributed by atoms with Crippen LogP contribution in [0.1, 0.15) is 6.92 Å². The fourth-order valence-corrected chi connectivity index (χ4v) is 1.59. The molecule has 0 radical (unpaired) electrons. The van der Waals surface area contributed by atoms with E-state index in [2.05, 4.69) is 23.7 Å². The molecule has 0 N–H and O–H groups in total. The zero-order valence-corrected chi connectivity index (χ0v) is 8.84. The van der Waals surface area contributed by atoms with E-state index in [0.29, 0.717) is 0 Å². The Kier molecular flexibility index (Phi) is 6.65. The average molecular weight is 210 g/mol. The second-order valence-electron chi connectivity index (χ2n) is 2.15. The highest BCUT2D eigenvalue weighted by Gasteiger charge is 2.22. The second-order valence-corrected chi connectivity index (χ2v) is 4.21. The van der Waals surface area contributed by atoms with Gasteiger partial charge < -0.3 is 0 Å². The van der Waals surface area contributed by atoms with E-state index in [-0.39, 0.29) is 19.4 Å². The van der Waals surface area contributed by atoms with Gasteiger partial charge in [-0.05, 0) is 6.92 Å². The van der Waals surface area contributed by atoms with Crippen molar-refractivity contribution in [2.24, 2.45) is 0 Å².